The van der Waals surface area contributed by atoms with Crippen LogP contribution < -0.4 is 4.74 Å². The van der Waals surface area contributed by atoms with Gasteiger partial charge in [-0.25, -0.2) is 0 Å². The number of amides is 1. The Hall–Kier alpha value is -3.15. The lowest BCUT2D eigenvalue weighted by Crippen LogP contribution is -2.50. The van der Waals surface area contributed by atoms with Crippen LogP contribution in [0.3, 0.4) is 0 Å². The SMILES string of the molecule is CC[C@H](C(=O)N1CCN(C[C@H](OCc2ccc(C)cc2)c2cccc(OC)c2)CC1)c1ccccc1. The molecule has 1 fully saturated rings. The van der Waals surface area contributed by atoms with Crippen LogP contribution in [0.1, 0.15) is 47.6 Å². The van der Waals surface area contributed by atoms with Crippen LogP contribution in [0.5, 0.6) is 5.75 Å². The summed E-state index contributed by atoms with van der Waals surface area (Å²) in [7, 11) is 1.69. The highest BCUT2D eigenvalue weighted by atomic mass is 16.5. The predicted molar refractivity (Wildman–Crippen MR) is 144 cm³/mol. The zero-order chi connectivity index (χ0) is 25.3. The molecule has 0 unspecified atom stereocenters. The van der Waals surface area contributed by atoms with E-state index in [2.05, 4.69) is 67.3 Å². The quantitative estimate of drug-likeness (QED) is 0.374. The molecule has 0 bridgehead atoms. The Labute approximate surface area is 215 Å². The van der Waals surface area contributed by atoms with E-state index in [9.17, 15) is 4.79 Å². The molecule has 1 saturated heterocycles. The van der Waals surface area contributed by atoms with Crippen molar-refractivity contribution in [2.45, 2.75) is 38.9 Å². The zero-order valence-electron chi connectivity index (χ0n) is 21.7. The number of hydrogen-bond donors (Lipinski definition) is 0. The van der Waals surface area contributed by atoms with Gasteiger partial charge in [-0.15, -0.1) is 0 Å². The van der Waals surface area contributed by atoms with Crippen molar-refractivity contribution in [1.29, 1.82) is 0 Å². The average Bonchev–Trinajstić information content (AvgIpc) is 2.93. The first-order chi connectivity index (χ1) is 17.6. The van der Waals surface area contributed by atoms with Crippen LogP contribution in [0.25, 0.3) is 0 Å². The summed E-state index contributed by atoms with van der Waals surface area (Å²) in [4.78, 5) is 17.7. The minimum absolute atomic E-state index is 0.0693. The summed E-state index contributed by atoms with van der Waals surface area (Å²) in [5.74, 6) is 1.00. The second kappa shape index (κ2) is 12.7. The average molecular weight is 487 g/mol. The van der Waals surface area contributed by atoms with E-state index in [0.29, 0.717) is 6.61 Å². The van der Waals surface area contributed by atoms with Gasteiger partial charge in [0.15, 0.2) is 0 Å². The molecule has 1 aliphatic rings. The normalized spacial score (nSPS) is 15.9. The molecule has 190 valence electrons. The maximum atomic E-state index is 13.3. The minimum atomic E-state index is -0.0867. The summed E-state index contributed by atoms with van der Waals surface area (Å²) in [6.45, 7) is 8.67. The molecule has 36 heavy (non-hydrogen) atoms. The van der Waals surface area contributed by atoms with E-state index in [4.69, 9.17) is 9.47 Å². The topological polar surface area (TPSA) is 42.0 Å². The number of ether oxygens (including phenoxy) is 2. The van der Waals surface area contributed by atoms with Gasteiger partial charge in [0.2, 0.25) is 5.91 Å². The Morgan fingerprint density at radius 1 is 0.889 bits per heavy atom. The van der Waals surface area contributed by atoms with Gasteiger partial charge in [-0.2, -0.15) is 0 Å². The third kappa shape index (κ3) is 6.74. The number of piperazine rings is 1. The molecule has 2 atom stereocenters. The fourth-order valence-corrected chi connectivity index (χ4v) is 4.82. The van der Waals surface area contributed by atoms with Gasteiger partial charge >= 0.3 is 0 Å². The third-order valence-electron chi connectivity index (χ3n) is 7.05. The Kier molecular flexibility index (Phi) is 9.15. The lowest BCUT2D eigenvalue weighted by atomic mass is 9.95. The highest BCUT2D eigenvalue weighted by Crippen LogP contribution is 2.26. The standard InChI is InChI=1S/C31H38N2O3/c1-4-29(26-9-6-5-7-10-26)31(34)33-19-17-32(18-20-33)22-30(27-11-8-12-28(21-27)35-3)36-23-25-15-13-24(2)14-16-25/h5-16,21,29-30H,4,17-20,22-23H2,1-3H3/t29-,30-/m0/s1. The van der Waals surface area contributed by atoms with Gasteiger partial charge in [-0.3, -0.25) is 9.69 Å². The van der Waals surface area contributed by atoms with E-state index in [1.54, 1.807) is 7.11 Å². The number of carbonyl (C=O) groups is 1. The summed E-state index contributed by atoms with van der Waals surface area (Å²) in [5, 5.41) is 0. The molecule has 1 aliphatic heterocycles. The number of rotatable bonds is 10. The first kappa shape index (κ1) is 25.9. The van der Waals surface area contributed by atoms with Gasteiger partial charge in [-0.1, -0.05) is 79.2 Å². The Morgan fingerprint density at radius 2 is 1.58 bits per heavy atom. The molecule has 5 nitrogen and oxygen atoms in total. The molecule has 3 aromatic rings. The first-order valence-electron chi connectivity index (χ1n) is 12.9. The second-order valence-corrected chi connectivity index (χ2v) is 9.56. The van der Waals surface area contributed by atoms with Crippen LogP contribution >= 0.6 is 0 Å². The van der Waals surface area contributed by atoms with Crippen molar-refractivity contribution in [2.75, 3.05) is 39.8 Å². The van der Waals surface area contributed by atoms with Gasteiger partial charge in [0.25, 0.3) is 0 Å². The first-order valence-corrected chi connectivity index (χ1v) is 12.9. The van der Waals surface area contributed by atoms with Crippen molar-refractivity contribution in [3.05, 3.63) is 101 Å². The Morgan fingerprint density at radius 3 is 2.25 bits per heavy atom. The summed E-state index contributed by atoms with van der Waals surface area (Å²) >= 11 is 0. The fourth-order valence-electron chi connectivity index (χ4n) is 4.82. The molecule has 0 saturated carbocycles. The smallest absolute Gasteiger partial charge is 0.230 e. The van der Waals surface area contributed by atoms with Gasteiger partial charge in [0.05, 0.1) is 25.7 Å². The number of methoxy groups -OCH3 is 1. The van der Waals surface area contributed by atoms with Crippen molar-refractivity contribution in [3.63, 3.8) is 0 Å². The van der Waals surface area contributed by atoms with E-state index >= 15 is 0 Å². The van der Waals surface area contributed by atoms with Crippen molar-refractivity contribution in [3.8, 4) is 5.75 Å². The van der Waals surface area contributed by atoms with Gasteiger partial charge in [0.1, 0.15) is 5.75 Å². The molecule has 5 heteroatoms. The van der Waals surface area contributed by atoms with E-state index in [0.717, 1.165) is 61.6 Å². The molecule has 0 aliphatic carbocycles. The summed E-state index contributed by atoms with van der Waals surface area (Å²) < 4.78 is 11.9. The highest BCUT2D eigenvalue weighted by molar-refractivity contribution is 5.83. The van der Waals surface area contributed by atoms with Crippen molar-refractivity contribution < 1.29 is 14.3 Å². The van der Waals surface area contributed by atoms with Crippen LogP contribution in [-0.4, -0.2) is 55.5 Å². The number of nitrogens with zero attached hydrogens (tertiary/aromatic N) is 2. The summed E-state index contributed by atoms with van der Waals surface area (Å²) in [6.07, 6.45) is 0.727. The number of hydrogen-bond acceptors (Lipinski definition) is 4. The number of benzene rings is 3. The lowest BCUT2D eigenvalue weighted by molar-refractivity contribution is -0.135. The minimum Gasteiger partial charge on any atom is -0.497 e. The van der Waals surface area contributed by atoms with Crippen molar-refractivity contribution >= 4 is 5.91 Å². The Bertz CT molecular complexity index is 1090. The fraction of sp³-hybridized carbons (Fsp3) is 0.387. The molecule has 3 aromatic carbocycles. The van der Waals surface area contributed by atoms with Crippen molar-refractivity contribution in [1.82, 2.24) is 9.80 Å². The van der Waals surface area contributed by atoms with Gasteiger partial charge in [-0.05, 0) is 42.2 Å². The van der Waals surface area contributed by atoms with E-state index in [1.807, 2.05) is 35.2 Å². The second-order valence-electron chi connectivity index (χ2n) is 9.56. The van der Waals surface area contributed by atoms with Crippen LogP contribution in [0, 0.1) is 6.92 Å². The summed E-state index contributed by atoms with van der Waals surface area (Å²) in [6, 6.07) is 26.8. The molecule has 0 radical (unpaired) electrons. The van der Waals surface area contributed by atoms with Gasteiger partial charge in [0, 0.05) is 32.7 Å². The largest absolute Gasteiger partial charge is 0.497 e. The maximum absolute atomic E-state index is 13.3. The molecule has 1 heterocycles. The Balaban J connectivity index is 1.39. The van der Waals surface area contributed by atoms with E-state index < -0.39 is 0 Å². The van der Waals surface area contributed by atoms with Crippen LogP contribution in [0.2, 0.25) is 0 Å². The predicted octanol–water partition coefficient (Wildman–Crippen LogP) is 5.60. The molecule has 4 rings (SSSR count). The summed E-state index contributed by atoms with van der Waals surface area (Å²) in [5.41, 5.74) is 4.62. The third-order valence-corrected chi connectivity index (χ3v) is 7.05. The van der Waals surface area contributed by atoms with E-state index in [-0.39, 0.29) is 17.9 Å². The van der Waals surface area contributed by atoms with Crippen LogP contribution in [0.15, 0.2) is 78.9 Å². The molecular formula is C31H38N2O3. The molecule has 0 aromatic heterocycles. The number of aryl methyl sites for hydroxylation is 1. The molecule has 0 N–H and O–H groups in total. The van der Waals surface area contributed by atoms with Crippen LogP contribution in [0.4, 0.5) is 0 Å². The lowest BCUT2D eigenvalue weighted by Gasteiger charge is -2.38. The van der Waals surface area contributed by atoms with E-state index in [1.165, 1.54) is 5.56 Å². The van der Waals surface area contributed by atoms with Gasteiger partial charge < -0.3 is 14.4 Å². The molecule has 1 amide bonds. The highest BCUT2D eigenvalue weighted by Gasteiger charge is 2.28. The molecule has 0 spiro atoms. The monoisotopic (exact) mass is 486 g/mol. The number of carbonyl (C=O) groups excluding carboxylic acids is 1. The molecular weight excluding hydrogens is 448 g/mol. The van der Waals surface area contributed by atoms with Crippen molar-refractivity contribution in [2.24, 2.45) is 0 Å². The zero-order valence-corrected chi connectivity index (χ0v) is 21.7. The van der Waals surface area contributed by atoms with Crippen LogP contribution in [-0.2, 0) is 16.1 Å². The maximum Gasteiger partial charge on any atom is 0.230 e.